The van der Waals surface area contributed by atoms with E-state index in [1.807, 2.05) is 0 Å². The monoisotopic (exact) mass is 292 g/mol. The Balaban J connectivity index is 1.86. The zero-order valence-corrected chi connectivity index (χ0v) is 13.4. The predicted molar refractivity (Wildman–Crippen MR) is 91.8 cm³/mol. The molecule has 1 atom stereocenters. The largest absolute Gasteiger partial charge is 0.303 e. The molecule has 114 valence electrons. The molecule has 0 aliphatic carbocycles. The second-order valence-corrected chi connectivity index (χ2v) is 6.62. The van der Waals surface area contributed by atoms with Gasteiger partial charge in [-0.15, -0.1) is 0 Å². The van der Waals surface area contributed by atoms with Gasteiger partial charge < -0.3 is 4.90 Å². The molecule has 1 saturated heterocycles. The van der Waals surface area contributed by atoms with Gasteiger partial charge in [0.2, 0.25) is 0 Å². The molecule has 0 bridgehead atoms. The van der Waals surface area contributed by atoms with Crippen molar-refractivity contribution in [2.24, 2.45) is 0 Å². The number of nitriles is 1. The summed E-state index contributed by atoms with van der Waals surface area (Å²) in [7, 11) is 0. The number of hydrogen-bond donors (Lipinski definition) is 0. The third-order valence-electron chi connectivity index (χ3n) is 5.01. The minimum atomic E-state index is -0.418. The highest BCUT2D eigenvalue weighted by molar-refractivity contribution is 5.87. The molecule has 1 heterocycles. The van der Waals surface area contributed by atoms with E-state index in [2.05, 4.69) is 60.4 Å². The number of rotatable bonds is 4. The molecule has 1 aliphatic rings. The lowest BCUT2D eigenvalue weighted by Crippen LogP contribution is -2.34. The van der Waals surface area contributed by atoms with Gasteiger partial charge in [0.15, 0.2) is 0 Å². The molecule has 1 fully saturated rings. The zero-order chi connectivity index (χ0) is 15.4. The number of benzene rings is 2. The van der Waals surface area contributed by atoms with Gasteiger partial charge in [-0.25, -0.2) is 0 Å². The maximum absolute atomic E-state index is 9.86. The Morgan fingerprint density at radius 1 is 1.05 bits per heavy atom. The molecule has 0 unspecified atom stereocenters. The van der Waals surface area contributed by atoms with Gasteiger partial charge in [-0.1, -0.05) is 48.9 Å². The first-order valence-corrected chi connectivity index (χ1v) is 8.35. The van der Waals surface area contributed by atoms with Crippen LogP contribution in [0.3, 0.4) is 0 Å². The third kappa shape index (κ3) is 3.00. The average Bonchev–Trinajstić information content (AvgIpc) is 2.60. The molecule has 0 spiro atoms. The lowest BCUT2D eigenvalue weighted by Gasteiger charge is -2.30. The summed E-state index contributed by atoms with van der Waals surface area (Å²) in [5.41, 5.74) is 0.753. The quantitative estimate of drug-likeness (QED) is 0.829. The molecule has 1 aliphatic heterocycles. The standard InChI is InChI=1S/C20H24N2/c1-20(16-21,12-15-22-13-5-2-6-14-22)19-11-7-9-17-8-3-4-10-18(17)19/h3-4,7-11H,2,5-6,12-15H2,1H3/t20-/m1/s1. The Kier molecular flexibility index (Phi) is 4.45. The van der Waals surface area contributed by atoms with Crippen molar-refractivity contribution in [3.8, 4) is 6.07 Å². The van der Waals surface area contributed by atoms with Crippen LogP contribution < -0.4 is 0 Å². The average molecular weight is 292 g/mol. The van der Waals surface area contributed by atoms with Crippen molar-refractivity contribution in [2.75, 3.05) is 19.6 Å². The molecular weight excluding hydrogens is 268 g/mol. The SMILES string of the molecule is C[C@](C#N)(CCN1CCCCC1)c1cccc2ccccc12. The molecule has 0 radical (unpaired) electrons. The van der Waals surface area contributed by atoms with Gasteiger partial charge >= 0.3 is 0 Å². The van der Waals surface area contributed by atoms with Crippen molar-refractivity contribution in [1.82, 2.24) is 4.90 Å². The summed E-state index contributed by atoms with van der Waals surface area (Å²) in [6.07, 6.45) is 4.86. The fourth-order valence-corrected chi connectivity index (χ4v) is 3.52. The Morgan fingerprint density at radius 3 is 2.55 bits per heavy atom. The summed E-state index contributed by atoms with van der Waals surface area (Å²) in [6, 6.07) is 17.3. The van der Waals surface area contributed by atoms with Crippen molar-refractivity contribution in [1.29, 1.82) is 5.26 Å². The number of fused-ring (bicyclic) bond motifs is 1. The summed E-state index contributed by atoms with van der Waals surface area (Å²) in [5, 5.41) is 12.3. The molecule has 2 aromatic carbocycles. The van der Waals surface area contributed by atoms with E-state index >= 15 is 0 Å². The smallest absolute Gasteiger partial charge is 0.0812 e. The van der Waals surface area contributed by atoms with Crippen LogP contribution in [0.4, 0.5) is 0 Å². The van der Waals surface area contributed by atoms with E-state index in [4.69, 9.17) is 0 Å². The maximum Gasteiger partial charge on any atom is 0.0812 e. The van der Waals surface area contributed by atoms with E-state index in [-0.39, 0.29) is 0 Å². The number of hydrogen-bond acceptors (Lipinski definition) is 2. The fourth-order valence-electron chi connectivity index (χ4n) is 3.52. The number of nitrogens with zero attached hydrogens (tertiary/aromatic N) is 2. The second-order valence-electron chi connectivity index (χ2n) is 6.62. The van der Waals surface area contributed by atoms with Gasteiger partial charge in [-0.2, -0.15) is 5.26 Å². The van der Waals surface area contributed by atoms with E-state index in [9.17, 15) is 5.26 Å². The van der Waals surface area contributed by atoms with Crippen molar-refractivity contribution < 1.29 is 0 Å². The number of likely N-dealkylation sites (tertiary alicyclic amines) is 1. The van der Waals surface area contributed by atoms with Crippen molar-refractivity contribution in [3.63, 3.8) is 0 Å². The Morgan fingerprint density at radius 2 is 1.77 bits per heavy atom. The molecule has 2 heteroatoms. The first-order valence-electron chi connectivity index (χ1n) is 8.35. The summed E-state index contributed by atoms with van der Waals surface area (Å²) in [5.74, 6) is 0. The van der Waals surface area contributed by atoms with Crippen LogP contribution >= 0.6 is 0 Å². The summed E-state index contributed by atoms with van der Waals surface area (Å²) >= 11 is 0. The van der Waals surface area contributed by atoms with Crippen LogP contribution in [-0.2, 0) is 5.41 Å². The predicted octanol–water partition coefficient (Wildman–Crippen LogP) is 4.50. The molecule has 0 amide bonds. The van der Waals surface area contributed by atoms with E-state index in [0.717, 1.165) is 13.0 Å². The molecule has 0 aromatic heterocycles. The Labute approximate surface area is 133 Å². The van der Waals surface area contributed by atoms with Crippen LogP contribution in [0.5, 0.6) is 0 Å². The molecular formula is C20H24N2. The lowest BCUT2D eigenvalue weighted by molar-refractivity contribution is 0.216. The van der Waals surface area contributed by atoms with Crippen LogP contribution in [0.15, 0.2) is 42.5 Å². The normalized spacial score (nSPS) is 18.7. The van der Waals surface area contributed by atoms with E-state index in [1.54, 1.807) is 0 Å². The van der Waals surface area contributed by atoms with Crippen molar-refractivity contribution >= 4 is 10.8 Å². The minimum absolute atomic E-state index is 0.418. The molecule has 0 N–H and O–H groups in total. The zero-order valence-electron chi connectivity index (χ0n) is 13.4. The topological polar surface area (TPSA) is 27.0 Å². The van der Waals surface area contributed by atoms with Crippen molar-refractivity contribution in [3.05, 3.63) is 48.0 Å². The van der Waals surface area contributed by atoms with Gasteiger partial charge in [0.1, 0.15) is 0 Å². The highest BCUT2D eigenvalue weighted by Gasteiger charge is 2.29. The molecule has 2 nitrogen and oxygen atoms in total. The second kappa shape index (κ2) is 6.50. The minimum Gasteiger partial charge on any atom is -0.303 e. The Bertz CT molecular complexity index is 674. The third-order valence-corrected chi connectivity index (χ3v) is 5.01. The molecule has 2 aromatic rings. The van der Waals surface area contributed by atoms with Crippen LogP contribution in [-0.4, -0.2) is 24.5 Å². The summed E-state index contributed by atoms with van der Waals surface area (Å²) in [6.45, 7) is 5.50. The van der Waals surface area contributed by atoms with E-state index in [0.29, 0.717) is 0 Å². The first-order chi connectivity index (χ1) is 10.7. The van der Waals surface area contributed by atoms with Gasteiger partial charge in [0, 0.05) is 0 Å². The Hall–Kier alpha value is -1.85. The first kappa shape index (κ1) is 15.1. The van der Waals surface area contributed by atoms with E-state index < -0.39 is 5.41 Å². The highest BCUT2D eigenvalue weighted by Crippen LogP contribution is 2.33. The summed E-state index contributed by atoms with van der Waals surface area (Å²) in [4.78, 5) is 2.52. The molecule has 22 heavy (non-hydrogen) atoms. The van der Waals surface area contributed by atoms with E-state index in [1.165, 1.54) is 48.7 Å². The van der Waals surface area contributed by atoms with Gasteiger partial charge in [-0.3, -0.25) is 0 Å². The van der Waals surface area contributed by atoms with Crippen LogP contribution in [0.1, 0.15) is 38.2 Å². The fraction of sp³-hybridized carbons (Fsp3) is 0.450. The van der Waals surface area contributed by atoms with Crippen LogP contribution in [0.25, 0.3) is 10.8 Å². The van der Waals surface area contributed by atoms with Gasteiger partial charge in [-0.05, 0) is 62.2 Å². The highest BCUT2D eigenvalue weighted by atomic mass is 15.1. The van der Waals surface area contributed by atoms with Crippen LogP contribution in [0, 0.1) is 11.3 Å². The van der Waals surface area contributed by atoms with Crippen molar-refractivity contribution in [2.45, 2.75) is 38.0 Å². The molecule has 3 rings (SSSR count). The van der Waals surface area contributed by atoms with Crippen LogP contribution in [0.2, 0.25) is 0 Å². The lowest BCUT2D eigenvalue weighted by atomic mass is 9.78. The molecule has 0 saturated carbocycles. The number of piperidine rings is 1. The maximum atomic E-state index is 9.86. The summed E-state index contributed by atoms with van der Waals surface area (Å²) < 4.78 is 0. The van der Waals surface area contributed by atoms with Gasteiger partial charge in [0.25, 0.3) is 0 Å². The van der Waals surface area contributed by atoms with Gasteiger partial charge in [0.05, 0.1) is 11.5 Å².